The van der Waals surface area contributed by atoms with Gasteiger partial charge in [-0.15, -0.1) is 0 Å². The molecule has 0 aromatic heterocycles. The van der Waals surface area contributed by atoms with E-state index in [1.54, 1.807) is 0 Å². The number of rotatable bonds is 7. The molecule has 0 radical (unpaired) electrons. The third kappa shape index (κ3) is 24.5. The van der Waals surface area contributed by atoms with Gasteiger partial charge in [0, 0.05) is 0 Å². The van der Waals surface area contributed by atoms with Crippen molar-refractivity contribution in [1.29, 1.82) is 5.41 Å². The fourth-order valence-corrected chi connectivity index (χ4v) is 0.996. The Bertz CT molecular complexity index is 75.2. The van der Waals surface area contributed by atoms with Gasteiger partial charge in [0.1, 0.15) is 0 Å². The van der Waals surface area contributed by atoms with Gasteiger partial charge >= 0.3 is 0 Å². The Morgan fingerprint density at radius 2 is 1.15 bits per heavy atom. The predicted octanol–water partition coefficient (Wildman–Crippen LogP) is 4.80. The molecule has 0 unspecified atom stereocenters. The van der Waals surface area contributed by atoms with Crippen LogP contribution in [0.4, 0.5) is 0 Å². The highest BCUT2D eigenvalue weighted by Gasteiger charge is 1.78. The van der Waals surface area contributed by atoms with E-state index in [0.717, 1.165) is 6.42 Å². The van der Waals surface area contributed by atoms with Crippen LogP contribution in [0.5, 0.6) is 0 Å². The van der Waals surface area contributed by atoms with Gasteiger partial charge in [0.25, 0.3) is 0 Å². The van der Waals surface area contributed by atoms with E-state index in [-0.39, 0.29) is 0 Å². The minimum Gasteiger partial charge on any atom is -0.313 e. The lowest BCUT2D eigenvalue weighted by atomic mass is 10.2. The molecule has 1 nitrogen and oxygen atoms in total. The summed E-state index contributed by atoms with van der Waals surface area (Å²) < 4.78 is 0. The number of hydrogen-bond donors (Lipinski definition) is 1. The summed E-state index contributed by atoms with van der Waals surface area (Å²) in [7, 11) is 0. The maximum Gasteiger partial charge on any atom is -0.00477 e. The first kappa shape index (κ1) is 15.2. The molecule has 0 saturated carbocycles. The molecule has 80 valence electrons. The second-order valence-corrected chi connectivity index (χ2v) is 3.41. The van der Waals surface area contributed by atoms with Crippen LogP contribution in [0.15, 0.2) is 0 Å². The summed E-state index contributed by atoms with van der Waals surface area (Å²) in [5.41, 5.74) is 0. The van der Waals surface area contributed by atoms with Crippen LogP contribution in [0.3, 0.4) is 0 Å². The van der Waals surface area contributed by atoms with Crippen molar-refractivity contribution in [3.63, 3.8) is 0 Å². The summed E-state index contributed by atoms with van der Waals surface area (Å²) in [5, 5.41) is 6.66. The van der Waals surface area contributed by atoms with Crippen molar-refractivity contribution in [3.8, 4) is 0 Å². The third-order valence-electron chi connectivity index (χ3n) is 1.91. The maximum absolute atomic E-state index is 6.66. The van der Waals surface area contributed by atoms with Crippen LogP contribution in [-0.2, 0) is 0 Å². The van der Waals surface area contributed by atoms with Gasteiger partial charge in [0.05, 0.1) is 0 Å². The monoisotopic (exact) mass is 185 g/mol. The molecular formula is C12H27N. The van der Waals surface area contributed by atoms with E-state index in [9.17, 15) is 0 Å². The molecule has 0 aliphatic rings. The Morgan fingerprint density at radius 3 is 1.46 bits per heavy atom. The van der Waals surface area contributed by atoms with Crippen molar-refractivity contribution >= 4 is 6.21 Å². The molecule has 0 saturated heterocycles. The molecule has 0 bridgehead atoms. The Balaban J connectivity index is 0. The molecule has 0 aromatic rings. The largest absolute Gasteiger partial charge is 0.313 e. The lowest BCUT2D eigenvalue weighted by molar-refractivity contribution is 0.702. The normalized spacial score (nSPS) is 8.85. The smallest absolute Gasteiger partial charge is 0.00477 e. The van der Waals surface area contributed by atoms with Crippen molar-refractivity contribution in [3.05, 3.63) is 0 Å². The second-order valence-electron chi connectivity index (χ2n) is 3.41. The molecule has 0 aliphatic heterocycles. The van der Waals surface area contributed by atoms with E-state index in [1.165, 1.54) is 51.2 Å². The first-order valence-corrected chi connectivity index (χ1v) is 5.82. The molecule has 0 atom stereocenters. The molecule has 13 heavy (non-hydrogen) atoms. The van der Waals surface area contributed by atoms with Gasteiger partial charge in [0.2, 0.25) is 0 Å². The van der Waals surface area contributed by atoms with Gasteiger partial charge in [-0.3, -0.25) is 0 Å². The minimum absolute atomic E-state index is 0.966. The Morgan fingerprint density at radius 1 is 0.769 bits per heavy atom. The van der Waals surface area contributed by atoms with Crippen LogP contribution in [-0.4, -0.2) is 6.21 Å². The fraction of sp³-hybridized carbons (Fsp3) is 0.917. The Hall–Kier alpha value is -0.330. The molecule has 1 N–H and O–H groups in total. The van der Waals surface area contributed by atoms with Gasteiger partial charge in [0.15, 0.2) is 0 Å². The molecule has 1 heteroatoms. The summed E-state index contributed by atoms with van der Waals surface area (Å²) in [6.07, 6.45) is 11.7. The van der Waals surface area contributed by atoms with Crippen molar-refractivity contribution in [1.82, 2.24) is 0 Å². The zero-order chi connectivity index (χ0) is 10.4. The fourth-order valence-electron chi connectivity index (χ4n) is 0.996. The summed E-state index contributed by atoms with van der Waals surface area (Å²) in [6, 6.07) is 0. The lowest BCUT2D eigenvalue weighted by Crippen LogP contribution is -1.73. The van der Waals surface area contributed by atoms with E-state index < -0.39 is 0 Å². The lowest BCUT2D eigenvalue weighted by Gasteiger charge is -1.87. The summed E-state index contributed by atoms with van der Waals surface area (Å²) in [5.74, 6) is 0. The van der Waals surface area contributed by atoms with Crippen molar-refractivity contribution in [2.24, 2.45) is 0 Å². The molecule has 0 fully saturated rings. The highest BCUT2D eigenvalue weighted by Crippen LogP contribution is 1.95. The van der Waals surface area contributed by atoms with Gasteiger partial charge in [-0.1, -0.05) is 59.3 Å². The van der Waals surface area contributed by atoms with Crippen LogP contribution >= 0.6 is 0 Å². The van der Waals surface area contributed by atoms with Crippen LogP contribution in [0, 0.1) is 5.41 Å². The van der Waals surface area contributed by atoms with E-state index in [4.69, 9.17) is 5.41 Å². The van der Waals surface area contributed by atoms with Crippen molar-refractivity contribution in [2.75, 3.05) is 0 Å². The zero-order valence-corrected chi connectivity index (χ0v) is 9.73. The zero-order valence-electron chi connectivity index (χ0n) is 9.73. The van der Waals surface area contributed by atoms with Crippen LogP contribution in [0.1, 0.15) is 72.1 Å². The number of unbranched alkanes of at least 4 members (excludes halogenated alkanes) is 6. The van der Waals surface area contributed by atoms with Crippen LogP contribution < -0.4 is 0 Å². The standard InChI is InChI=1S/C6H13N.C6H14/c1-2-3-4-5-6-7;1-3-5-6-4-2/h6-7H,2-5H2,1H3;3-6H2,1-2H3. The van der Waals surface area contributed by atoms with Gasteiger partial charge < -0.3 is 5.41 Å². The predicted molar refractivity (Wildman–Crippen MR) is 62.7 cm³/mol. The molecule has 0 aliphatic carbocycles. The highest BCUT2D eigenvalue weighted by molar-refractivity contribution is 5.52. The van der Waals surface area contributed by atoms with Crippen molar-refractivity contribution in [2.45, 2.75) is 72.1 Å². The topological polar surface area (TPSA) is 23.9 Å². The molecule has 0 spiro atoms. The van der Waals surface area contributed by atoms with E-state index in [0.29, 0.717) is 0 Å². The molecular weight excluding hydrogens is 158 g/mol. The first-order chi connectivity index (χ1) is 6.33. The first-order valence-electron chi connectivity index (χ1n) is 5.82. The molecule has 0 rings (SSSR count). The average Bonchev–Trinajstić information content (AvgIpc) is 2.17. The quantitative estimate of drug-likeness (QED) is 0.435. The summed E-state index contributed by atoms with van der Waals surface area (Å²) in [4.78, 5) is 0. The second kappa shape index (κ2) is 17.7. The number of hydrogen-bond acceptors (Lipinski definition) is 1. The summed E-state index contributed by atoms with van der Waals surface area (Å²) in [6.45, 7) is 6.63. The average molecular weight is 185 g/mol. The van der Waals surface area contributed by atoms with E-state index in [1.807, 2.05) is 0 Å². The Kier molecular flexibility index (Phi) is 20.6. The maximum atomic E-state index is 6.66. The number of nitrogens with one attached hydrogen (secondary N) is 1. The highest BCUT2D eigenvalue weighted by atomic mass is 14.3. The molecule has 0 amide bonds. The van der Waals surface area contributed by atoms with Gasteiger partial charge in [-0.05, 0) is 19.1 Å². The van der Waals surface area contributed by atoms with Crippen LogP contribution in [0.25, 0.3) is 0 Å². The van der Waals surface area contributed by atoms with Crippen molar-refractivity contribution < 1.29 is 0 Å². The minimum atomic E-state index is 0.966. The molecule has 0 aromatic carbocycles. The van der Waals surface area contributed by atoms with Crippen LogP contribution in [0.2, 0.25) is 0 Å². The van der Waals surface area contributed by atoms with E-state index in [2.05, 4.69) is 20.8 Å². The van der Waals surface area contributed by atoms with E-state index >= 15 is 0 Å². The van der Waals surface area contributed by atoms with Gasteiger partial charge in [-0.25, -0.2) is 0 Å². The SMILES string of the molecule is CCCCCC.CCCCCC=N. The summed E-state index contributed by atoms with van der Waals surface area (Å²) >= 11 is 0. The molecule has 0 heterocycles. The Labute approximate surface area is 84.4 Å². The van der Waals surface area contributed by atoms with Gasteiger partial charge in [-0.2, -0.15) is 0 Å². The third-order valence-corrected chi connectivity index (χ3v) is 1.91.